The second-order valence-corrected chi connectivity index (χ2v) is 4.85. The molecule has 0 spiro atoms. The van der Waals surface area contributed by atoms with E-state index in [2.05, 4.69) is 41.0 Å². The van der Waals surface area contributed by atoms with E-state index in [0.29, 0.717) is 0 Å². The first-order valence-electron chi connectivity index (χ1n) is 6.03. The van der Waals surface area contributed by atoms with Crippen LogP contribution >= 0.6 is 12.2 Å². The van der Waals surface area contributed by atoms with E-state index in [0.717, 1.165) is 50.9 Å². The molecule has 1 aliphatic heterocycles. The van der Waals surface area contributed by atoms with Crippen LogP contribution in [0.2, 0.25) is 0 Å². The molecule has 0 aromatic carbocycles. The summed E-state index contributed by atoms with van der Waals surface area (Å²) >= 11 is 5.31. The molecule has 1 N–H and O–H groups in total. The van der Waals surface area contributed by atoms with E-state index in [1.165, 1.54) is 0 Å². The van der Waals surface area contributed by atoms with Crippen molar-refractivity contribution < 1.29 is 0 Å². The zero-order chi connectivity index (χ0) is 12.0. The molecular formula is C11H24N4S. The van der Waals surface area contributed by atoms with E-state index in [1.807, 2.05) is 0 Å². The molecule has 4 nitrogen and oxygen atoms in total. The minimum absolute atomic E-state index is 0.912. The molecule has 0 bridgehead atoms. The van der Waals surface area contributed by atoms with Crippen LogP contribution in [-0.2, 0) is 0 Å². The molecule has 0 amide bonds. The van der Waals surface area contributed by atoms with Gasteiger partial charge in [-0.3, -0.25) is 4.90 Å². The summed E-state index contributed by atoms with van der Waals surface area (Å²) in [5.74, 6) is 0. The molecule has 1 aliphatic rings. The number of thiocarbonyl (C=S) groups is 1. The maximum absolute atomic E-state index is 5.31. The third-order valence-electron chi connectivity index (χ3n) is 2.85. The van der Waals surface area contributed by atoms with E-state index in [1.54, 1.807) is 0 Å². The fourth-order valence-corrected chi connectivity index (χ4v) is 2.11. The third kappa shape index (κ3) is 4.63. The van der Waals surface area contributed by atoms with Gasteiger partial charge < -0.3 is 15.1 Å². The summed E-state index contributed by atoms with van der Waals surface area (Å²) in [5.41, 5.74) is 0. The van der Waals surface area contributed by atoms with Crippen LogP contribution in [0.1, 0.15) is 6.92 Å². The van der Waals surface area contributed by atoms with Crippen LogP contribution in [0.4, 0.5) is 0 Å². The predicted octanol–water partition coefficient (Wildman–Crippen LogP) is 0.0600. The lowest BCUT2D eigenvalue weighted by atomic mass is 10.3. The smallest absolute Gasteiger partial charge is 0.169 e. The van der Waals surface area contributed by atoms with E-state index < -0.39 is 0 Å². The van der Waals surface area contributed by atoms with Crippen LogP contribution in [0.25, 0.3) is 0 Å². The standard InChI is InChI=1S/C11H24N4S/c1-4-12-11(16)15-9-7-14(8-10-15)6-5-13(2)3/h4-10H2,1-3H3,(H,12,16). The molecule has 0 atom stereocenters. The molecule has 94 valence electrons. The average Bonchev–Trinajstić information content (AvgIpc) is 2.27. The molecule has 1 heterocycles. The molecule has 0 unspecified atom stereocenters. The third-order valence-corrected chi connectivity index (χ3v) is 3.25. The summed E-state index contributed by atoms with van der Waals surface area (Å²) in [6, 6.07) is 0. The molecule has 1 rings (SSSR count). The molecule has 1 saturated heterocycles. The SMILES string of the molecule is CCNC(=S)N1CCN(CCN(C)C)CC1. The van der Waals surface area contributed by atoms with Crippen LogP contribution < -0.4 is 5.32 Å². The van der Waals surface area contributed by atoms with Gasteiger partial charge in [0.1, 0.15) is 0 Å². The van der Waals surface area contributed by atoms with Crippen LogP contribution in [-0.4, -0.2) is 79.7 Å². The van der Waals surface area contributed by atoms with Crippen LogP contribution in [0, 0.1) is 0 Å². The first-order chi connectivity index (χ1) is 7.63. The first-order valence-corrected chi connectivity index (χ1v) is 6.44. The van der Waals surface area contributed by atoms with Crippen molar-refractivity contribution in [1.29, 1.82) is 0 Å². The van der Waals surface area contributed by atoms with Crippen molar-refractivity contribution in [3.05, 3.63) is 0 Å². The summed E-state index contributed by atoms with van der Waals surface area (Å²) in [6.07, 6.45) is 0. The second-order valence-electron chi connectivity index (χ2n) is 4.47. The molecular weight excluding hydrogens is 220 g/mol. The van der Waals surface area contributed by atoms with Crippen molar-refractivity contribution in [1.82, 2.24) is 20.0 Å². The lowest BCUT2D eigenvalue weighted by Gasteiger charge is -2.36. The maximum atomic E-state index is 5.31. The maximum Gasteiger partial charge on any atom is 0.169 e. The number of nitrogens with zero attached hydrogens (tertiary/aromatic N) is 3. The van der Waals surface area contributed by atoms with Gasteiger partial charge in [-0.25, -0.2) is 0 Å². The number of nitrogens with one attached hydrogen (secondary N) is 1. The summed E-state index contributed by atoms with van der Waals surface area (Å²) in [5, 5.41) is 4.12. The predicted molar refractivity (Wildman–Crippen MR) is 72.8 cm³/mol. The summed E-state index contributed by atoms with van der Waals surface area (Å²) < 4.78 is 0. The highest BCUT2D eigenvalue weighted by atomic mass is 32.1. The molecule has 5 heteroatoms. The van der Waals surface area contributed by atoms with Gasteiger partial charge in [0, 0.05) is 45.8 Å². The molecule has 0 aliphatic carbocycles. The Morgan fingerprint density at radius 3 is 2.38 bits per heavy atom. The van der Waals surface area contributed by atoms with Crippen molar-refractivity contribution in [3.8, 4) is 0 Å². The van der Waals surface area contributed by atoms with Crippen LogP contribution in [0.15, 0.2) is 0 Å². The van der Waals surface area contributed by atoms with Gasteiger partial charge in [-0.15, -0.1) is 0 Å². The van der Waals surface area contributed by atoms with Gasteiger partial charge >= 0.3 is 0 Å². The molecule has 1 fully saturated rings. The van der Waals surface area contributed by atoms with Gasteiger partial charge in [-0.1, -0.05) is 0 Å². The Bertz CT molecular complexity index is 212. The van der Waals surface area contributed by atoms with Crippen molar-refractivity contribution in [2.45, 2.75) is 6.92 Å². The molecule has 0 aromatic rings. The Balaban J connectivity index is 2.20. The summed E-state index contributed by atoms with van der Waals surface area (Å²) in [6.45, 7) is 9.66. The highest BCUT2D eigenvalue weighted by molar-refractivity contribution is 7.80. The zero-order valence-corrected chi connectivity index (χ0v) is 11.5. The quantitative estimate of drug-likeness (QED) is 0.704. The van der Waals surface area contributed by atoms with Crippen molar-refractivity contribution in [2.75, 3.05) is 59.9 Å². The number of piperazine rings is 1. The Labute approximate surface area is 105 Å². The summed E-state index contributed by atoms with van der Waals surface area (Å²) in [7, 11) is 4.24. The molecule has 0 aromatic heterocycles. The van der Waals surface area contributed by atoms with E-state index in [9.17, 15) is 0 Å². The Hall–Kier alpha value is -0.390. The van der Waals surface area contributed by atoms with Gasteiger partial charge in [0.15, 0.2) is 5.11 Å². The van der Waals surface area contributed by atoms with Crippen LogP contribution in [0.5, 0.6) is 0 Å². The highest BCUT2D eigenvalue weighted by Gasteiger charge is 2.17. The minimum Gasteiger partial charge on any atom is -0.363 e. The fourth-order valence-electron chi connectivity index (χ4n) is 1.78. The minimum atomic E-state index is 0.912. The molecule has 0 radical (unpaired) electrons. The van der Waals surface area contributed by atoms with Gasteiger partial charge in [0.2, 0.25) is 0 Å². The number of hydrogen-bond acceptors (Lipinski definition) is 3. The number of likely N-dealkylation sites (N-methyl/N-ethyl adjacent to an activating group) is 1. The lowest BCUT2D eigenvalue weighted by Crippen LogP contribution is -2.52. The monoisotopic (exact) mass is 244 g/mol. The van der Waals surface area contributed by atoms with Crippen molar-refractivity contribution in [2.24, 2.45) is 0 Å². The lowest BCUT2D eigenvalue weighted by molar-refractivity contribution is 0.168. The number of hydrogen-bond donors (Lipinski definition) is 1. The normalized spacial score (nSPS) is 17.9. The molecule has 0 saturated carbocycles. The zero-order valence-electron chi connectivity index (χ0n) is 10.7. The topological polar surface area (TPSA) is 21.8 Å². The highest BCUT2D eigenvalue weighted by Crippen LogP contribution is 2.01. The Morgan fingerprint density at radius 1 is 1.25 bits per heavy atom. The average molecular weight is 244 g/mol. The van der Waals surface area contributed by atoms with Gasteiger partial charge in [0.05, 0.1) is 0 Å². The van der Waals surface area contributed by atoms with Crippen molar-refractivity contribution in [3.63, 3.8) is 0 Å². The van der Waals surface area contributed by atoms with E-state index in [-0.39, 0.29) is 0 Å². The second kappa shape index (κ2) is 7.04. The molecule has 16 heavy (non-hydrogen) atoms. The Kier molecular flexibility index (Phi) is 6.01. The van der Waals surface area contributed by atoms with Crippen molar-refractivity contribution >= 4 is 17.3 Å². The summed E-state index contributed by atoms with van der Waals surface area (Å²) in [4.78, 5) is 7.01. The van der Waals surface area contributed by atoms with Gasteiger partial charge in [-0.05, 0) is 33.2 Å². The van der Waals surface area contributed by atoms with Gasteiger partial charge in [-0.2, -0.15) is 0 Å². The first kappa shape index (κ1) is 13.7. The largest absolute Gasteiger partial charge is 0.363 e. The fraction of sp³-hybridized carbons (Fsp3) is 0.909. The number of rotatable bonds is 4. The van der Waals surface area contributed by atoms with E-state index in [4.69, 9.17) is 12.2 Å². The van der Waals surface area contributed by atoms with Gasteiger partial charge in [0.25, 0.3) is 0 Å². The Morgan fingerprint density at radius 2 is 1.88 bits per heavy atom. The van der Waals surface area contributed by atoms with E-state index >= 15 is 0 Å². The van der Waals surface area contributed by atoms with Crippen LogP contribution in [0.3, 0.4) is 0 Å².